The van der Waals surface area contributed by atoms with Crippen molar-refractivity contribution in [1.82, 2.24) is 0 Å². The van der Waals surface area contributed by atoms with Crippen LogP contribution in [0.3, 0.4) is 0 Å². The molecule has 0 fully saturated rings. The zero-order valence-electron chi connectivity index (χ0n) is 18.3. The van der Waals surface area contributed by atoms with Crippen molar-refractivity contribution in [1.29, 1.82) is 0 Å². The monoisotopic (exact) mass is 410 g/mol. The van der Waals surface area contributed by atoms with Crippen LogP contribution in [0.4, 0.5) is 0 Å². The summed E-state index contributed by atoms with van der Waals surface area (Å²) in [6.07, 6.45) is 11.3. The number of ether oxygens (including phenoxy) is 3. The SMILES string of the molecule is CCCCCCOc1ccc(C=CC(=O)Oc2ccc(OCCCCC)cc2)cc1. The van der Waals surface area contributed by atoms with Crippen LogP contribution in [0.15, 0.2) is 54.6 Å². The predicted octanol–water partition coefficient (Wildman–Crippen LogP) is 6.83. The first kappa shape index (κ1) is 23.5. The quantitative estimate of drug-likeness (QED) is 0.148. The molecule has 0 spiro atoms. The average Bonchev–Trinajstić information content (AvgIpc) is 2.77. The van der Waals surface area contributed by atoms with Gasteiger partial charge in [0.2, 0.25) is 0 Å². The summed E-state index contributed by atoms with van der Waals surface area (Å²) in [4.78, 5) is 12.0. The van der Waals surface area contributed by atoms with Gasteiger partial charge in [-0.05, 0) is 60.9 Å². The summed E-state index contributed by atoms with van der Waals surface area (Å²) in [7, 11) is 0. The number of rotatable bonds is 14. The lowest BCUT2D eigenvalue weighted by atomic mass is 10.2. The molecule has 0 radical (unpaired) electrons. The molecule has 0 aromatic heterocycles. The van der Waals surface area contributed by atoms with Gasteiger partial charge in [-0.1, -0.05) is 58.1 Å². The van der Waals surface area contributed by atoms with Gasteiger partial charge >= 0.3 is 5.97 Å². The van der Waals surface area contributed by atoms with Crippen LogP contribution in [0.1, 0.15) is 64.4 Å². The molecule has 0 saturated heterocycles. The highest BCUT2D eigenvalue weighted by Gasteiger charge is 2.02. The first-order valence-electron chi connectivity index (χ1n) is 11.1. The van der Waals surface area contributed by atoms with Crippen molar-refractivity contribution in [3.8, 4) is 17.2 Å². The van der Waals surface area contributed by atoms with Gasteiger partial charge in [-0.3, -0.25) is 0 Å². The fourth-order valence-electron chi connectivity index (χ4n) is 2.85. The van der Waals surface area contributed by atoms with Crippen LogP contribution < -0.4 is 14.2 Å². The van der Waals surface area contributed by atoms with Crippen molar-refractivity contribution in [2.75, 3.05) is 13.2 Å². The van der Waals surface area contributed by atoms with Gasteiger partial charge in [0.1, 0.15) is 17.2 Å². The smallest absolute Gasteiger partial charge is 0.336 e. The number of esters is 1. The molecule has 4 nitrogen and oxygen atoms in total. The zero-order valence-corrected chi connectivity index (χ0v) is 18.3. The summed E-state index contributed by atoms with van der Waals surface area (Å²) in [5, 5.41) is 0. The summed E-state index contributed by atoms with van der Waals surface area (Å²) >= 11 is 0. The highest BCUT2D eigenvalue weighted by molar-refractivity contribution is 5.88. The van der Waals surface area contributed by atoms with E-state index in [0.717, 1.165) is 42.9 Å². The van der Waals surface area contributed by atoms with Crippen molar-refractivity contribution in [2.45, 2.75) is 58.8 Å². The third-order valence-corrected chi connectivity index (χ3v) is 4.62. The van der Waals surface area contributed by atoms with Crippen molar-refractivity contribution in [3.05, 3.63) is 60.2 Å². The molecule has 0 aliphatic heterocycles. The molecule has 0 aliphatic carbocycles. The molecule has 4 heteroatoms. The van der Waals surface area contributed by atoms with Crippen LogP contribution in [0.2, 0.25) is 0 Å². The lowest BCUT2D eigenvalue weighted by molar-refractivity contribution is -0.128. The summed E-state index contributed by atoms with van der Waals surface area (Å²) in [6.45, 7) is 5.81. The van der Waals surface area contributed by atoms with Crippen LogP contribution in [0.25, 0.3) is 6.08 Å². The van der Waals surface area contributed by atoms with Gasteiger partial charge in [-0.2, -0.15) is 0 Å². The summed E-state index contributed by atoms with van der Waals surface area (Å²) in [5.74, 6) is 1.72. The lowest BCUT2D eigenvalue weighted by Gasteiger charge is -2.07. The normalized spacial score (nSPS) is 10.9. The van der Waals surface area contributed by atoms with E-state index in [1.165, 1.54) is 31.8 Å². The van der Waals surface area contributed by atoms with E-state index in [1.54, 1.807) is 18.2 Å². The molecule has 30 heavy (non-hydrogen) atoms. The molecule has 0 heterocycles. The van der Waals surface area contributed by atoms with Gasteiger partial charge in [-0.25, -0.2) is 4.79 Å². The highest BCUT2D eigenvalue weighted by atomic mass is 16.5. The fourth-order valence-corrected chi connectivity index (χ4v) is 2.85. The lowest BCUT2D eigenvalue weighted by Crippen LogP contribution is -2.03. The van der Waals surface area contributed by atoms with Crippen LogP contribution in [0.5, 0.6) is 17.2 Å². The Morgan fingerprint density at radius 1 is 0.700 bits per heavy atom. The standard InChI is InChI=1S/C26H34O4/c1-3-5-7-9-21-29-23-13-10-22(11-14-23)12-19-26(27)30-25-17-15-24(16-18-25)28-20-8-6-4-2/h10-19H,3-9,20-21H2,1-2H3. The number of benzene rings is 2. The Balaban J connectivity index is 1.73. The zero-order chi connectivity index (χ0) is 21.4. The summed E-state index contributed by atoms with van der Waals surface area (Å²) < 4.78 is 16.7. The Bertz CT molecular complexity index is 748. The minimum absolute atomic E-state index is 0.414. The average molecular weight is 411 g/mol. The molecule has 0 N–H and O–H groups in total. The van der Waals surface area contributed by atoms with E-state index in [-0.39, 0.29) is 0 Å². The first-order chi connectivity index (χ1) is 14.7. The molecular formula is C26H34O4. The first-order valence-corrected chi connectivity index (χ1v) is 11.1. The third kappa shape index (κ3) is 9.64. The Labute approximate surface area is 180 Å². The minimum Gasteiger partial charge on any atom is -0.494 e. The van der Waals surface area contributed by atoms with E-state index in [2.05, 4.69) is 13.8 Å². The molecule has 0 aliphatic rings. The molecule has 0 unspecified atom stereocenters. The van der Waals surface area contributed by atoms with E-state index >= 15 is 0 Å². The van der Waals surface area contributed by atoms with Gasteiger partial charge in [0, 0.05) is 6.08 Å². The molecule has 0 bridgehead atoms. The Morgan fingerprint density at radius 2 is 1.20 bits per heavy atom. The Hall–Kier alpha value is -2.75. The molecule has 0 amide bonds. The van der Waals surface area contributed by atoms with Gasteiger partial charge in [0.25, 0.3) is 0 Å². The van der Waals surface area contributed by atoms with Crippen molar-refractivity contribution in [3.63, 3.8) is 0 Å². The maximum Gasteiger partial charge on any atom is 0.336 e. The van der Waals surface area contributed by atoms with Gasteiger partial charge < -0.3 is 14.2 Å². The van der Waals surface area contributed by atoms with E-state index in [4.69, 9.17) is 14.2 Å². The number of carbonyl (C=O) groups is 1. The molecule has 2 rings (SSSR count). The number of hydrogen-bond acceptors (Lipinski definition) is 4. The number of carbonyl (C=O) groups excluding carboxylic acids is 1. The Kier molecular flexibility index (Phi) is 11.2. The molecule has 0 saturated carbocycles. The molecule has 2 aromatic rings. The van der Waals surface area contributed by atoms with E-state index in [9.17, 15) is 4.79 Å². The second-order valence-corrected chi connectivity index (χ2v) is 7.26. The highest BCUT2D eigenvalue weighted by Crippen LogP contribution is 2.19. The van der Waals surface area contributed by atoms with Crippen molar-refractivity contribution >= 4 is 12.0 Å². The van der Waals surface area contributed by atoms with Crippen LogP contribution >= 0.6 is 0 Å². The second kappa shape index (κ2) is 14.3. The fraction of sp³-hybridized carbons (Fsp3) is 0.423. The van der Waals surface area contributed by atoms with Crippen LogP contribution in [0, 0.1) is 0 Å². The summed E-state index contributed by atoms with van der Waals surface area (Å²) in [5.41, 5.74) is 0.918. The van der Waals surface area contributed by atoms with Crippen LogP contribution in [-0.4, -0.2) is 19.2 Å². The number of unbranched alkanes of at least 4 members (excludes halogenated alkanes) is 5. The van der Waals surface area contributed by atoms with Crippen molar-refractivity contribution < 1.29 is 19.0 Å². The van der Waals surface area contributed by atoms with E-state index in [1.807, 2.05) is 36.4 Å². The molecule has 2 aromatic carbocycles. The maximum absolute atomic E-state index is 12.0. The van der Waals surface area contributed by atoms with E-state index < -0.39 is 5.97 Å². The van der Waals surface area contributed by atoms with Gasteiger partial charge in [0.15, 0.2) is 0 Å². The van der Waals surface area contributed by atoms with Crippen molar-refractivity contribution in [2.24, 2.45) is 0 Å². The third-order valence-electron chi connectivity index (χ3n) is 4.62. The topological polar surface area (TPSA) is 44.8 Å². The van der Waals surface area contributed by atoms with Gasteiger partial charge in [-0.15, -0.1) is 0 Å². The van der Waals surface area contributed by atoms with Gasteiger partial charge in [0.05, 0.1) is 13.2 Å². The molecule has 0 atom stereocenters. The summed E-state index contributed by atoms with van der Waals surface area (Å²) in [6, 6.07) is 14.8. The molecule has 162 valence electrons. The van der Waals surface area contributed by atoms with Crippen LogP contribution in [-0.2, 0) is 4.79 Å². The maximum atomic E-state index is 12.0. The number of hydrogen-bond donors (Lipinski definition) is 0. The second-order valence-electron chi connectivity index (χ2n) is 7.26. The minimum atomic E-state index is -0.414. The molecular weight excluding hydrogens is 376 g/mol. The predicted molar refractivity (Wildman–Crippen MR) is 122 cm³/mol. The Morgan fingerprint density at radius 3 is 1.80 bits per heavy atom. The van der Waals surface area contributed by atoms with E-state index in [0.29, 0.717) is 12.4 Å². The largest absolute Gasteiger partial charge is 0.494 e.